The van der Waals surface area contributed by atoms with Crippen LogP contribution in [0.2, 0.25) is 0 Å². The number of pyridine rings is 1. The summed E-state index contributed by atoms with van der Waals surface area (Å²) in [5, 5.41) is 9.30. The SMILES string of the molecule is [C-]#[N+]CC(=O)Nc1cn2nc(-c3cnc(OC)c(C(=O)NCc4cc(OC(F)(F)F)ccc4F)c3)ccc2n1. The van der Waals surface area contributed by atoms with Crippen LogP contribution in [0.5, 0.6) is 11.6 Å². The zero-order chi connectivity index (χ0) is 28.2. The number of halogens is 4. The Balaban J connectivity index is 1.55. The minimum atomic E-state index is -4.96. The molecule has 4 rings (SSSR count). The number of hydrogen-bond donors (Lipinski definition) is 2. The van der Waals surface area contributed by atoms with Gasteiger partial charge in [0.15, 0.2) is 11.5 Å². The lowest BCUT2D eigenvalue weighted by Gasteiger charge is -2.13. The Labute approximate surface area is 217 Å². The number of imidazole rings is 1. The van der Waals surface area contributed by atoms with E-state index in [9.17, 15) is 27.2 Å². The first-order chi connectivity index (χ1) is 18.6. The lowest BCUT2D eigenvalue weighted by molar-refractivity contribution is -0.274. The monoisotopic (exact) mass is 543 g/mol. The molecule has 3 heterocycles. The van der Waals surface area contributed by atoms with Crippen LogP contribution in [-0.4, -0.2) is 51.4 Å². The smallest absolute Gasteiger partial charge is 0.480 e. The van der Waals surface area contributed by atoms with Crippen molar-refractivity contribution in [1.29, 1.82) is 0 Å². The predicted octanol–water partition coefficient (Wildman–Crippen LogP) is 3.63. The number of amides is 2. The van der Waals surface area contributed by atoms with Gasteiger partial charge in [0, 0.05) is 23.9 Å². The summed E-state index contributed by atoms with van der Waals surface area (Å²) in [6.07, 6.45) is -2.12. The molecule has 1 aromatic carbocycles. The molecule has 0 fully saturated rings. The standard InChI is InChI=1S/C24H17F4N7O4/c1-29-11-21(36)33-19-12-35-20(32-19)6-5-18(34-35)14-8-16(23(38-2)31-10-14)22(37)30-9-13-7-15(3-4-17(13)25)39-24(26,27)28/h3-8,10,12H,9,11H2,2H3,(H,30,37)(H,33,36). The maximum atomic E-state index is 14.1. The van der Waals surface area contributed by atoms with Crippen molar-refractivity contribution in [2.45, 2.75) is 12.9 Å². The number of fused-ring (bicyclic) bond motifs is 1. The minimum absolute atomic E-state index is 0.0438. The molecule has 200 valence electrons. The highest BCUT2D eigenvalue weighted by Gasteiger charge is 2.31. The van der Waals surface area contributed by atoms with Crippen LogP contribution in [0.15, 0.2) is 48.8 Å². The molecule has 2 N–H and O–H groups in total. The summed E-state index contributed by atoms with van der Waals surface area (Å²) in [6, 6.07) is 7.07. The average Bonchev–Trinajstić information content (AvgIpc) is 3.29. The zero-order valence-corrected chi connectivity index (χ0v) is 19.9. The second-order valence-corrected chi connectivity index (χ2v) is 7.78. The largest absolute Gasteiger partial charge is 0.573 e. The molecule has 0 bridgehead atoms. The van der Waals surface area contributed by atoms with E-state index in [2.05, 4.69) is 35.3 Å². The molecule has 15 heteroatoms. The van der Waals surface area contributed by atoms with Crippen LogP contribution in [0, 0.1) is 12.4 Å². The molecule has 39 heavy (non-hydrogen) atoms. The van der Waals surface area contributed by atoms with Crippen molar-refractivity contribution >= 4 is 23.3 Å². The third-order valence-corrected chi connectivity index (χ3v) is 5.09. The van der Waals surface area contributed by atoms with E-state index in [1.54, 1.807) is 12.1 Å². The number of ether oxygens (including phenoxy) is 2. The number of carbonyl (C=O) groups excluding carboxylic acids is 2. The summed E-state index contributed by atoms with van der Waals surface area (Å²) >= 11 is 0. The van der Waals surface area contributed by atoms with E-state index in [1.165, 1.54) is 30.1 Å². The molecule has 11 nitrogen and oxygen atoms in total. The van der Waals surface area contributed by atoms with Gasteiger partial charge in [-0.15, -0.1) is 13.2 Å². The summed E-state index contributed by atoms with van der Waals surface area (Å²) in [4.78, 5) is 35.9. The predicted molar refractivity (Wildman–Crippen MR) is 127 cm³/mol. The molecule has 3 aromatic heterocycles. The summed E-state index contributed by atoms with van der Waals surface area (Å²) in [7, 11) is 1.29. The Kier molecular flexibility index (Phi) is 7.56. The molecule has 0 aliphatic rings. The van der Waals surface area contributed by atoms with Gasteiger partial charge in [0.2, 0.25) is 5.88 Å². The first-order valence-electron chi connectivity index (χ1n) is 10.9. The van der Waals surface area contributed by atoms with Crippen molar-refractivity contribution in [1.82, 2.24) is 24.9 Å². The van der Waals surface area contributed by atoms with E-state index in [0.717, 1.165) is 18.2 Å². The number of alkyl halides is 3. The molecular weight excluding hydrogens is 526 g/mol. The third kappa shape index (κ3) is 6.55. The molecule has 0 saturated heterocycles. The number of nitrogens with one attached hydrogen (secondary N) is 2. The van der Waals surface area contributed by atoms with Gasteiger partial charge in [0.05, 0.1) is 19.0 Å². The van der Waals surface area contributed by atoms with Crippen molar-refractivity contribution in [3.8, 4) is 22.9 Å². The normalized spacial score (nSPS) is 11.1. The molecule has 4 aromatic rings. The number of methoxy groups -OCH3 is 1. The van der Waals surface area contributed by atoms with Crippen LogP contribution in [0.1, 0.15) is 15.9 Å². The van der Waals surface area contributed by atoms with E-state index in [1.807, 2.05) is 0 Å². The number of carbonyl (C=O) groups is 2. The maximum Gasteiger partial charge on any atom is 0.573 e. The molecule has 0 saturated carbocycles. The summed E-state index contributed by atoms with van der Waals surface area (Å²) in [5.74, 6) is -2.60. The van der Waals surface area contributed by atoms with Crippen LogP contribution in [-0.2, 0) is 11.3 Å². The van der Waals surface area contributed by atoms with Gasteiger partial charge in [-0.25, -0.2) is 25.4 Å². The van der Waals surface area contributed by atoms with Crippen molar-refractivity contribution in [3.05, 3.63) is 77.2 Å². The van der Waals surface area contributed by atoms with Gasteiger partial charge in [0.1, 0.15) is 17.1 Å². The molecule has 0 aliphatic carbocycles. The molecule has 2 amide bonds. The van der Waals surface area contributed by atoms with Crippen molar-refractivity contribution in [3.63, 3.8) is 0 Å². The van der Waals surface area contributed by atoms with Crippen molar-refractivity contribution in [2.24, 2.45) is 0 Å². The van der Waals surface area contributed by atoms with Gasteiger partial charge >= 0.3 is 12.3 Å². The first kappa shape index (κ1) is 26.8. The van der Waals surface area contributed by atoms with Gasteiger partial charge in [-0.3, -0.25) is 9.59 Å². The fourth-order valence-corrected chi connectivity index (χ4v) is 3.42. The summed E-state index contributed by atoms with van der Waals surface area (Å²) in [6.45, 7) is 5.94. The fraction of sp³-hybridized carbons (Fsp3) is 0.167. The maximum absolute atomic E-state index is 14.1. The van der Waals surface area contributed by atoms with Crippen molar-refractivity contribution < 1.29 is 36.6 Å². The average molecular weight is 543 g/mol. The van der Waals surface area contributed by atoms with Gasteiger partial charge in [0.25, 0.3) is 12.5 Å². The van der Waals surface area contributed by atoms with E-state index in [-0.39, 0.29) is 29.4 Å². The molecule has 0 radical (unpaired) electrons. The van der Waals surface area contributed by atoms with Gasteiger partial charge in [-0.05, 0) is 36.4 Å². The Bertz CT molecular complexity index is 1600. The highest BCUT2D eigenvalue weighted by molar-refractivity contribution is 5.97. The Hall–Kier alpha value is -5.26. The molecule has 0 atom stereocenters. The first-order valence-corrected chi connectivity index (χ1v) is 10.9. The fourth-order valence-electron chi connectivity index (χ4n) is 3.42. The van der Waals surface area contributed by atoms with E-state index >= 15 is 0 Å². The lowest BCUT2D eigenvalue weighted by atomic mass is 10.1. The second-order valence-electron chi connectivity index (χ2n) is 7.78. The van der Waals surface area contributed by atoms with E-state index < -0.39 is 36.3 Å². The number of hydrogen-bond acceptors (Lipinski definition) is 7. The number of benzene rings is 1. The van der Waals surface area contributed by atoms with Crippen LogP contribution in [0.3, 0.4) is 0 Å². The van der Waals surface area contributed by atoms with E-state index in [4.69, 9.17) is 11.3 Å². The number of aromatic nitrogens is 4. The molecule has 0 unspecified atom stereocenters. The van der Waals surface area contributed by atoms with Crippen LogP contribution in [0.25, 0.3) is 21.7 Å². The van der Waals surface area contributed by atoms with Crippen LogP contribution in [0.4, 0.5) is 23.4 Å². The Morgan fingerprint density at radius 2 is 1.97 bits per heavy atom. The quantitative estimate of drug-likeness (QED) is 0.257. The molecule has 0 spiro atoms. The minimum Gasteiger partial charge on any atom is -0.480 e. The van der Waals surface area contributed by atoms with Crippen LogP contribution < -0.4 is 20.1 Å². The van der Waals surface area contributed by atoms with Gasteiger partial charge in [-0.1, -0.05) is 0 Å². The van der Waals surface area contributed by atoms with Gasteiger partial charge in [-0.2, -0.15) is 5.10 Å². The summed E-state index contributed by atoms with van der Waals surface area (Å²) in [5.41, 5.74) is 0.876. The Morgan fingerprint density at radius 3 is 2.69 bits per heavy atom. The number of nitrogens with zero attached hydrogens (tertiary/aromatic N) is 5. The van der Waals surface area contributed by atoms with Crippen LogP contribution >= 0.6 is 0 Å². The lowest BCUT2D eigenvalue weighted by Crippen LogP contribution is -2.24. The van der Waals surface area contributed by atoms with E-state index in [0.29, 0.717) is 16.9 Å². The molecular formula is C24H17F4N7O4. The summed E-state index contributed by atoms with van der Waals surface area (Å²) < 4.78 is 62.0. The number of rotatable bonds is 8. The topological polar surface area (TPSA) is 124 Å². The molecule has 0 aliphatic heterocycles. The van der Waals surface area contributed by atoms with Gasteiger partial charge < -0.3 is 25.0 Å². The Morgan fingerprint density at radius 1 is 1.18 bits per heavy atom. The number of anilines is 1. The third-order valence-electron chi connectivity index (χ3n) is 5.09. The van der Waals surface area contributed by atoms with Crippen molar-refractivity contribution in [2.75, 3.05) is 19.0 Å². The highest BCUT2D eigenvalue weighted by atomic mass is 19.4. The second kappa shape index (κ2) is 11.0. The zero-order valence-electron chi connectivity index (χ0n) is 19.9. The highest BCUT2D eigenvalue weighted by Crippen LogP contribution is 2.26.